The fourth-order valence-electron chi connectivity index (χ4n) is 4.47. The quantitative estimate of drug-likeness (QED) is 0.860. The Morgan fingerprint density at radius 2 is 1.67 bits per heavy atom. The Hall–Kier alpha value is -1.68. The van der Waals surface area contributed by atoms with Crippen LogP contribution in [0.4, 0.5) is 0 Å². The number of hydrogen-bond acceptors (Lipinski definition) is 3. The lowest BCUT2D eigenvalue weighted by Gasteiger charge is -2.42. The summed E-state index contributed by atoms with van der Waals surface area (Å²) in [4.78, 5) is 5.05. The third-order valence-electron chi connectivity index (χ3n) is 5.64. The second-order valence-corrected chi connectivity index (χ2v) is 7.17. The molecule has 0 amide bonds. The molecule has 0 aromatic heterocycles. The first-order chi connectivity index (χ1) is 11.7. The molecule has 2 fully saturated rings. The molecule has 2 heterocycles. The van der Waals surface area contributed by atoms with Crippen molar-refractivity contribution in [2.75, 3.05) is 20.2 Å². The van der Waals surface area contributed by atoms with Gasteiger partial charge in [-0.2, -0.15) is 0 Å². The van der Waals surface area contributed by atoms with Crippen molar-refractivity contribution >= 4 is 0 Å². The average molecular weight is 322 g/mol. The van der Waals surface area contributed by atoms with E-state index in [2.05, 4.69) is 84.4 Å². The number of hydrogen-bond donors (Lipinski definition) is 0. The van der Waals surface area contributed by atoms with E-state index >= 15 is 0 Å². The highest BCUT2D eigenvalue weighted by Gasteiger charge is 2.46. The van der Waals surface area contributed by atoms with Crippen LogP contribution in [0.3, 0.4) is 0 Å². The molecule has 0 spiro atoms. The molecular formula is C21H26N2O. The lowest BCUT2D eigenvalue weighted by atomic mass is 9.95. The van der Waals surface area contributed by atoms with E-state index in [1.807, 2.05) is 0 Å². The van der Waals surface area contributed by atoms with Crippen molar-refractivity contribution in [1.29, 1.82) is 0 Å². The number of likely N-dealkylation sites (N-methyl/N-ethyl adjacent to an activating group) is 1. The molecule has 0 saturated carbocycles. The predicted molar refractivity (Wildman–Crippen MR) is 96.5 cm³/mol. The number of fused-ring (bicyclic) bond motifs is 1. The third-order valence-corrected chi connectivity index (χ3v) is 5.64. The average Bonchev–Trinajstić information content (AvgIpc) is 2.93. The van der Waals surface area contributed by atoms with Crippen LogP contribution in [-0.2, 0) is 11.3 Å². The number of ether oxygens (including phenoxy) is 1. The molecule has 0 bridgehead atoms. The Balaban J connectivity index is 1.51. The van der Waals surface area contributed by atoms with Gasteiger partial charge >= 0.3 is 0 Å². The smallest absolute Gasteiger partial charge is 0.136 e. The molecule has 2 aromatic carbocycles. The van der Waals surface area contributed by atoms with Gasteiger partial charge < -0.3 is 4.74 Å². The molecule has 24 heavy (non-hydrogen) atoms. The van der Waals surface area contributed by atoms with E-state index in [0.717, 1.165) is 19.7 Å². The lowest BCUT2D eigenvalue weighted by molar-refractivity contribution is -0.134. The number of rotatable bonds is 3. The molecule has 3 heteroatoms. The van der Waals surface area contributed by atoms with E-state index < -0.39 is 0 Å². The first kappa shape index (κ1) is 15.8. The normalized spacial score (nSPS) is 31.1. The maximum absolute atomic E-state index is 6.24. The SMILES string of the molecule is C[C@H]1[C@H]2[C@H](CO[C@@H](c3ccccc3)N2C)CN1Cc1ccccc1. The van der Waals surface area contributed by atoms with Crippen LogP contribution in [-0.4, -0.2) is 42.1 Å². The molecule has 2 aliphatic rings. The van der Waals surface area contributed by atoms with Gasteiger partial charge in [0.05, 0.1) is 6.61 Å². The minimum absolute atomic E-state index is 0.0755. The second kappa shape index (κ2) is 6.67. The summed E-state index contributed by atoms with van der Waals surface area (Å²) < 4.78 is 6.24. The number of nitrogens with zero attached hydrogens (tertiary/aromatic N) is 2. The van der Waals surface area contributed by atoms with Crippen LogP contribution in [0.1, 0.15) is 24.3 Å². The molecule has 0 unspecified atom stereocenters. The Kier molecular flexibility index (Phi) is 4.40. The fraction of sp³-hybridized carbons (Fsp3) is 0.429. The van der Waals surface area contributed by atoms with Gasteiger partial charge in [-0.1, -0.05) is 60.7 Å². The molecule has 0 N–H and O–H groups in total. The lowest BCUT2D eigenvalue weighted by Crippen LogP contribution is -2.50. The summed E-state index contributed by atoms with van der Waals surface area (Å²) in [6.45, 7) is 5.37. The van der Waals surface area contributed by atoms with Gasteiger partial charge in [0.25, 0.3) is 0 Å². The molecule has 0 radical (unpaired) electrons. The highest BCUT2D eigenvalue weighted by molar-refractivity contribution is 5.19. The van der Waals surface area contributed by atoms with Crippen molar-refractivity contribution in [3.8, 4) is 0 Å². The summed E-state index contributed by atoms with van der Waals surface area (Å²) in [5.41, 5.74) is 2.65. The first-order valence-corrected chi connectivity index (χ1v) is 8.90. The molecule has 4 rings (SSSR count). The predicted octanol–water partition coefficient (Wildman–Crippen LogP) is 3.54. The molecule has 3 nitrogen and oxygen atoms in total. The van der Waals surface area contributed by atoms with Crippen molar-refractivity contribution in [2.45, 2.75) is 31.8 Å². The zero-order valence-electron chi connectivity index (χ0n) is 14.5. The van der Waals surface area contributed by atoms with E-state index in [-0.39, 0.29) is 6.23 Å². The van der Waals surface area contributed by atoms with Crippen LogP contribution in [0, 0.1) is 5.92 Å². The zero-order chi connectivity index (χ0) is 16.5. The van der Waals surface area contributed by atoms with Crippen LogP contribution >= 0.6 is 0 Å². The van der Waals surface area contributed by atoms with Crippen LogP contribution in [0.2, 0.25) is 0 Å². The van der Waals surface area contributed by atoms with Crippen LogP contribution < -0.4 is 0 Å². The molecule has 4 atom stereocenters. The fourth-order valence-corrected chi connectivity index (χ4v) is 4.47. The molecule has 2 aromatic rings. The van der Waals surface area contributed by atoms with Gasteiger partial charge in [0.15, 0.2) is 0 Å². The van der Waals surface area contributed by atoms with Gasteiger partial charge in [0, 0.05) is 31.1 Å². The van der Waals surface area contributed by atoms with Crippen molar-refractivity contribution in [3.05, 3.63) is 71.8 Å². The molecular weight excluding hydrogens is 296 g/mol. The maximum atomic E-state index is 6.24. The van der Waals surface area contributed by atoms with Crippen molar-refractivity contribution in [2.24, 2.45) is 5.92 Å². The van der Waals surface area contributed by atoms with Gasteiger partial charge in [-0.25, -0.2) is 0 Å². The maximum Gasteiger partial charge on any atom is 0.136 e. The Bertz CT molecular complexity index is 660. The number of benzene rings is 2. The van der Waals surface area contributed by atoms with E-state index in [1.165, 1.54) is 11.1 Å². The summed E-state index contributed by atoms with van der Waals surface area (Å²) in [5, 5.41) is 0. The molecule has 0 aliphatic carbocycles. The topological polar surface area (TPSA) is 15.7 Å². The molecule has 126 valence electrons. The van der Waals surface area contributed by atoms with Crippen LogP contribution in [0.15, 0.2) is 60.7 Å². The monoisotopic (exact) mass is 322 g/mol. The van der Waals surface area contributed by atoms with Gasteiger partial charge in [0.2, 0.25) is 0 Å². The first-order valence-electron chi connectivity index (χ1n) is 8.90. The molecule has 2 saturated heterocycles. The van der Waals surface area contributed by atoms with Gasteiger partial charge in [0.1, 0.15) is 6.23 Å². The van der Waals surface area contributed by atoms with E-state index in [0.29, 0.717) is 18.0 Å². The Morgan fingerprint density at radius 3 is 2.38 bits per heavy atom. The summed E-state index contributed by atoms with van der Waals surface area (Å²) in [6.07, 6.45) is 0.0755. The Labute approximate surface area is 144 Å². The highest BCUT2D eigenvalue weighted by atomic mass is 16.5. The summed E-state index contributed by atoms with van der Waals surface area (Å²) in [6, 6.07) is 22.5. The van der Waals surface area contributed by atoms with Gasteiger partial charge in [-0.15, -0.1) is 0 Å². The zero-order valence-corrected chi connectivity index (χ0v) is 14.5. The van der Waals surface area contributed by atoms with E-state index in [4.69, 9.17) is 4.74 Å². The minimum atomic E-state index is 0.0755. The van der Waals surface area contributed by atoms with Crippen molar-refractivity contribution in [1.82, 2.24) is 9.80 Å². The number of likely N-dealkylation sites (tertiary alicyclic amines) is 1. The standard InChI is InChI=1S/C21H26N2O/c1-16-20-19(14-23(16)13-17-9-5-3-6-10-17)15-24-21(22(20)2)18-11-7-4-8-12-18/h3-12,16,19-21H,13-15H2,1-2H3/t16-,19-,20-,21-/m0/s1. The summed E-state index contributed by atoms with van der Waals surface area (Å²) >= 11 is 0. The van der Waals surface area contributed by atoms with E-state index in [9.17, 15) is 0 Å². The van der Waals surface area contributed by atoms with Gasteiger partial charge in [-0.05, 0) is 25.1 Å². The largest absolute Gasteiger partial charge is 0.358 e. The van der Waals surface area contributed by atoms with Gasteiger partial charge in [-0.3, -0.25) is 9.80 Å². The van der Waals surface area contributed by atoms with Crippen molar-refractivity contribution in [3.63, 3.8) is 0 Å². The summed E-state index contributed by atoms with van der Waals surface area (Å²) in [5.74, 6) is 0.591. The second-order valence-electron chi connectivity index (χ2n) is 7.17. The highest BCUT2D eigenvalue weighted by Crippen LogP contribution is 2.38. The molecule has 2 aliphatic heterocycles. The Morgan fingerprint density at radius 1 is 1.00 bits per heavy atom. The third kappa shape index (κ3) is 2.88. The van der Waals surface area contributed by atoms with E-state index in [1.54, 1.807) is 0 Å². The van der Waals surface area contributed by atoms with Crippen LogP contribution in [0.25, 0.3) is 0 Å². The van der Waals surface area contributed by atoms with Crippen molar-refractivity contribution < 1.29 is 4.74 Å². The minimum Gasteiger partial charge on any atom is -0.358 e. The summed E-state index contributed by atoms with van der Waals surface area (Å²) in [7, 11) is 2.22. The van der Waals surface area contributed by atoms with Crippen LogP contribution in [0.5, 0.6) is 0 Å².